The molecule has 5 nitrogen and oxygen atoms in total. The van der Waals surface area contributed by atoms with Crippen LogP contribution in [0.1, 0.15) is 29.5 Å². The average molecular weight is 446 g/mol. The summed E-state index contributed by atoms with van der Waals surface area (Å²) >= 11 is 4.69. The minimum Gasteiger partial charge on any atom is -0.327 e. The first-order chi connectivity index (χ1) is 14.7. The minimum atomic E-state index is -4.71. The first-order valence-corrected chi connectivity index (χ1v) is 10.4. The zero-order chi connectivity index (χ0) is 22.4. The van der Waals surface area contributed by atoms with E-state index in [0.717, 1.165) is 23.4 Å². The van der Waals surface area contributed by atoms with Crippen molar-refractivity contribution in [2.45, 2.75) is 37.0 Å². The molecule has 2 saturated heterocycles. The fourth-order valence-electron chi connectivity index (χ4n) is 4.41. The van der Waals surface area contributed by atoms with Crippen LogP contribution in [0.4, 0.5) is 24.5 Å². The number of carbonyl (C=O) groups excluding carboxylic acids is 1. The number of carbonyl (C=O) groups is 1. The highest BCUT2D eigenvalue weighted by molar-refractivity contribution is 7.81. The molecule has 2 aromatic rings. The number of halogens is 3. The molecule has 0 aromatic heterocycles. The molecule has 0 saturated carbocycles. The Balaban J connectivity index is 1.84. The summed E-state index contributed by atoms with van der Waals surface area (Å²) in [5.41, 5.74) is -1.32. The number of nitrogens with zero attached hydrogens (tertiary/aromatic N) is 3. The molecule has 1 spiro atoms. The molecule has 2 aliphatic rings. The van der Waals surface area contributed by atoms with Gasteiger partial charge in [0.05, 0.1) is 17.2 Å². The van der Waals surface area contributed by atoms with Crippen molar-refractivity contribution in [3.05, 3.63) is 59.2 Å². The van der Waals surface area contributed by atoms with Crippen LogP contribution in [0.25, 0.3) is 0 Å². The maximum absolute atomic E-state index is 13.7. The molecule has 0 bridgehead atoms. The van der Waals surface area contributed by atoms with Crippen molar-refractivity contribution >= 4 is 29.9 Å². The molecule has 2 heterocycles. The highest BCUT2D eigenvalue weighted by Gasteiger charge is 2.57. The van der Waals surface area contributed by atoms with Gasteiger partial charge in [-0.05, 0) is 63.2 Å². The van der Waals surface area contributed by atoms with E-state index in [0.29, 0.717) is 25.9 Å². The van der Waals surface area contributed by atoms with Crippen LogP contribution in [-0.4, -0.2) is 30.0 Å². The predicted octanol–water partition coefficient (Wildman–Crippen LogP) is 4.07. The second-order valence-electron chi connectivity index (χ2n) is 7.85. The van der Waals surface area contributed by atoms with Crippen LogP contribution >= 0.6 is 12.6 Å². The Bertz CT molecular complexity index is 1040. The number of piperidine rings is 1. The van der Waals surface area contributed by atoms with E-state index in [9.17, 15) is 18.0 Å². The van der Waals surface area contributed by atoms with Crippen LogP contribution in [0.5, 0.6) is 0 Å². The summed E-state index contributed by atoms with van der Waals surface area (Å²) in [5, 5.41) is 12.3. The Hall–Kier alpha value is -2.70. The van der Waals surface area contributed by atoms with E-state index in [1.54, 1.807) is 6.07 Å². The summed E-state index contributed by atoms with van der Waals surface area (Å²) in [7, 11) is 0. The van der Waals surface area contributed by atoms with E-state index in [-0.39, 0.29) is 11.6 Å². The molecular weight excluding hydrogens is 425 g/mol. The van der Waals surface area contributed by atoms with Crippen LogP contribution < -0.4 is 15.1 Å². The summed E-state index contributed by atoms with van der Waals surface area (Å²) in [6.45, 7) is 3.19. The highest BCUT2D eigenvalue weighted by Crippen LogP contribution is 2.45. The number of alkyl halides is 3. The van der Waals surface area contributed by atoms with Gasteiger partial charge in [-0.1, -0.05) is 17.7 Å². The van der Waals surface area contributed by atoms with Crippen molar-refractivity contribution in [3.8, 4) is 6.07 Å². The zero-order valence-corrected chi connectivity index (χ0v) is 17.7. The lowest BCUT2D eigenvalue weighted by Crippen LogP contribution is -2.56. The number of aryl methyl sites for hydroxylation is 1. The van der Waals surface area contributed by atoms with E-state index in [1.807, 2.05) is 36.1 Å². The van der Waals surface area contributed by atoms with Gasteiger partial charge in [0.15, 0.2) is 5.50 Å². The zero-order valence-electron chi connectivity index (χ0n) is 16.8. The van der Waals surface area contributed by atoms with Crippen LogP contribution in [0.3, 0.4) is 0 Å². The van der Waals surface area contributed by atoms with Crippen molar-refractivity contribution in [3.63, 3.8) is 0 Å². The SMILES string of the molecule is Cc1ccc(N2C(S)N(c3ccc(C#N)c(C(F)(F)F)c3)C(=O)C23CCNCC3)cc1. The molecule has 1 N–H and O–H groups in total. The molecule has 9 heteroatoms. The summed E-state index contributed by atoms with van der Waals surface area (Å²) in [5.74, 6) is -0.285. The number of thiol groups is 1. The maximum Gasteiger partial charge on any atom is 0.417 e. The van der Waals surface area contributed by atoms with E-state index in [4.69, 9.17) is 17.9 Å². The van der Waals surface area contributed by atoms with Gasteiger partial charge in [0.2, 0.25) is 0 Å². The molecule has 4 rings (SSSR count). The summed E-state index contributed by atoms with van der Waals surface area (Å²) < 4.78 is 40.6. The van der Waals surface area contributed by atoms with Crippen LogP contribution in [-0.2, 0) is 11.0 Å². The Labute approximate surface area is 183 Å². The second-order valence-corrected chi connectivity index (χ2v) is 8.31. The molecule has 1 unspecified atom stereocenters. The standard InChI is InChI=1S/C22H21F3N4OS/c1-14-2-5-16(6-3-14)29-20(31)28(19(30)21(29)8-10-27-11-9-21)17-7-4-15(13-26)18(12-17)22(23,24)25/h2-7,12,20,27,31H,8-11H2,1H3. The third kappa shape index (κ3) is 3.54. The monoisotopic (exact) mass is 446 g/mol. The van der Waals surface area contributed by atoms with Crippen LogP contribution in [0.2, 0.25) is 0 Å². The molecule has 0 aliphatic carbocycles. The fraction of sp³-hybridized carbons (Fsp3) is 0.364. The molecule has 2 aromatic carbocycles. The van der Waals surface area contributed by atoms with Crippen molar-refractivity contribution in [1.82, 2.24) is 5.32 Å². The Kier molecular flexibility index (Phi) is 5.40. The molecule has 1 amide bonds. The maximum atomic E-state index is 13.7. The third-order valence-electron chi connectivity index (χ3n) is 5.99. The summed E-state index contributed by atoms with van der Waals surface area (Å²) in [6, 6.07) is 12.6. The number of nitrogens with one attached hydrogen (secondary N) is 1. The number of rotatable bonds is 2. The average Bonchev–Trinajstić information content (AvgIpc) is 2.94. The second kappa shape index (κ2) is 7.77. The van der Waals surface area contributed by atoms with E-state index in [1.165, 1.54) is 11.0 Å². The van der Waals surface area contributed by atoms with E-state index < -0.39 is 28.3 Å². The highest BCUT2D eigenvalue weighted by atomic mass is 32.1. The normalized spacial score (nSPS) is 20.9. The van der Waals surface area contributed by atoms with Gasteiger partial charge in [0.25, 0.3) is 5.91 Å². The number of hydrogen-bond donors (Lipinski definition) is 2. The molecule has 1 atom stereocenters. The van der Waals surface area contributed by atoms with Gasteiger partial charge in [-0.2, -0.15) is 18.4 Å². The van der Waals surface area contributed by atoms with Gasteiger partial charge in [0, 0.05) is 11.4 Å². The van der Waals surface area contributed by atoms with Gasteiger partial charge in [0.1, 0.15) is 5.54 Å². The van der Waals surface area contributed by atoms with Crippen LogP contribution in [0.15, 0.2) is 42.5 Å². The number of anilines is 2. The first-order valence-electron chi connectivity index (χ1n) is 9.89. The lowest BCUT2D eigenvalue weighted by molar-refractivity contribution is -0.137. The van der Waals surface area contributed by atoms with Crippen molar-refractivity contribution in [1.29, 1.82) is 5.26 Å². The summed E-state index contributed by atoms with van der Waals surface area (Å²) in [4.78, 5) is 16.9. The lowest BCUT2D eigenvalue weighted by atomic mass is 9.86. The third-order valence-corrected chi connectivity index (χ3v) is 6.45. The fourth-order valence-corrected chi connectivity index (χ4v) is 5.01. The van der Waals surface area contributed by atoms with Gasteiger partial charge in [-0.25, -0.2) is 0 Å². The van der Waals surface area contributed by atoms with Crippen molar-refractivity contribution < 1.29 is 18.0 Å². The largest absolute Gasteiger partial charge is 0.417 e. The van der Waals surface area contributed by atoms with Crippen LogP contribution in [0, 0.1) is 18.3 Å². The topological polar surface area (TPSA) is 59.4 Å². The van der Waals surface area contributed by atoms with Gasteiger partial charge < -0.3 is 10.2 Å². The Morgan fingerprint density at radius 2 is 1.74 bits per heavy atom. The first kappa shape index (κ1) is 21.5. The lowest BCUT2D eigenvalue weighted by Gasteiger charge is -2.41. The van der Waals surface area contributed by atoms with Gasteiger partial charge >= 0.3 is 6.18 Å². The number of hydrogen-bond acceptors (Lipinski definition) is 5. The Morgan fingerprint density at radius 3 is 2.32 bits per heavy atom. The number of benzene rings is 2. The molecule has 2 aliphatic heterocycles. The van der Waals surface area contributed by atoms with Crippen molar-refractivity contribution in [2.24, 2.45) is 0 Å². The quantitative estimate of drug-likeness (QED) is 0.683. The minimum absolute atomic E-state index is 0.0730. The van der Waals surface area contributed by atoms with E-state index in [2.05, 4.69) is 5.32 Å². The van der Waals surface area contributed by atoms with Gasteiger partial charge in [-0.15, -0.1) is 12.6 Å². The smallest absolute Gasteiger partial charge is 0.327 e. The Morgan fingerprint density at radius 1 is 1.13 bits per heavy atom. The molecule has 0 radical (unpaired) electrons. The molecule has 162 valence electrons. The van der Waals surface area contributed by atoms with Gasteiger partial charge in [-0.3, -0.25) is 9.69 Å². The number of nitriles is 1. The number of amides is 1. The molecular formula is C22H21F3N4OS. The van der Waals surface area contributed by atoms with E-state index >= 15 is 0 Å². The van der Waals surface area contributed by atoms with Crippen molar-refractivity contribution in [2.75, 3.05) is 22.9 Å². The molecule has 31 heavy (non-hydrogen) atoms. The predicted molar refractivity (Wildman–Crippen MR) is 115 cm³/mol. The summed E-state index contributed by atoms with van der Waals surface area (Å²) in [6.07, 6.45) is -3.69. The molecule has 2 fully saturated rings.